The minimum Gasteiger partial charge on any atom is -0.335 e. The molecule has 3 aliphatic rings. The minimum absolute atomic E-state index is 0. The highest BCUT2D eigenvalue weighted by Crippen LogP contribution is 2.38. The molecule has 2 N–H and O–H groups in total. The van der Waals surface area contributed by atoms with Crippen molar-refractivity contribution in [3.63, 3.8) is 0 Å². The Hall–Kier alpha value is -2.00. The summed E-state index contributed by atoms with van der Waals surface area (Å²) in [5.41, 5.74) is 6.41. The zero-order valence-corrected chi connectivity index (χ0v) is 16.7. The highest BCUT2D eigenvalue weighted by atomic mass is 35.5. The standard InChI is InChI=1S/C18H26N8O.ClH/c19-13-3-5-14(6-4-13)26-11-15(21-23-26)18(27)24-8-7-16-20-17(12-1-2-12)22-25(16)10-9-24;/h11-14H,1-10,19H2;1H. The van der Waals surface area contributed by atoms with E-state index >= 15 is 0 Å². The van der Waals surface area contributed by atoms with Crippen LogP contribution in [0.15, 0.2) is 6.20 Å². The second kappa shape index (κ2) is 7.79. The topological polar surface area (TPSA) is 108 Å². The first kappa shape index (κ1) is 19.3. The molecule has 2 aliphatic carbocycles. The molecule has 0 aromatic carbocycles. The van der Waals surface area contributed by atoms with Gasteiger partial charge >= 0.3 is 0 Å². The normalized spacial score (nSPS) is 25.0. The van der Waals surface area contributed by atoms with Crippen LogP contribution in [0.5, 0.6) is 0 Å². The summed E-state index contributed by atoms with van der Waals surface area (Å²) in [6.07, 6.45) is 8.95. The maximum absolute atomic E-state index is 12.9. The van der Waals surface area contributed by atoms with E-state index in [4.69, 9.17) is 5.73 Å². The van der Waals surface area contributed by atoms with E-state index in [9.17, 15) is 4.79 Å². The van der Waals surface area contributed by atoms with Crippen molar-refractivity contribution < 1.29 is 4.79 Å². The van der Waals surface area contributed by atoms with E-state index in [-0.39, 0.29) is 18.3 Å². The molecule has 0 bridgehead atoms. The van der Waals surface area contributed by atoms with Crippen LogP contribution in [-0.4, -0.2) is 59.7 Å². The van der Waals surface area contributed by atoms with Gasteiger partial charge < -0.3 is 10.6 Å². The molecule has 10 heteroatoms. The van der Waals surface area contributed by atoms with Gasteiger partial charge in [0.2, 0.25) is 0 Å². The lowest BCUT2D eigenvalue weighted by Crippen LogP contribution is -2.34. The predicted molar refractivity (Wildman–Crippen MR) is 104 cm³/mol. The number of nitrogens with two attached hydrogens (primary N) is 1. The molecule has 0 radical (unpaired) electrons. The van der Waals surface area contributed by atoms with Gasteiger partial charge in [0.05, 0.1) is 18.8 Å². The van der Waals surface area contributed by atoms with E-state index in [2.05, 4.69) is 20.4 Å². The first-order valence-electron chi connectivity index (χ1n) is 10.1. The Labute approximate surface area is 170 Å². The fraction of sp³-hybridized carbons (Fsp3) is 0.722. The van der Waals surface area contributed by atoms with Gasteiger partial charge in [-0.25, -0.2) is 14.3 Å². The molecule has 2 aromatic heterocycles. The number of rotatable bonds is 3. The van der Waals surface area contributed by atoms with Gasteiger partial charge in [-0.15, -0.1) is 17.5 Å². The molecule has 1 amide bonds. The molecular formula is C18H27ClN8O. The summed E-state index contributed by atoms with van der Waals surface area (Å²) in [6.45, 7) is 1.96. The number of halogens is 1. The molecular weight excluding hydrogens is 380 g/mol. The average molecular weight is 407 g/mol. The van der Waals surface area contributed by atoms with E-state index in [1.54, 1.807) is 6.20 Å². The predicted octanol–water partition coefficient (Wildman–Crippen LogP) is 1.31. The Balaban J connectivity index is 0.00000192. The summed E-state index contributed by atoms with van der Waals surface area (Å²) in [7, 11) is 0. The summed E-state index contributed by atoms with van der Waals surface area (Å²) in [6, 6.07) is 0.599. The molecule has 5 rings (SSSR count). The number of amides is 1. The summed E-state index contributed by atoms with van der Waals surface area (Å²) in [5.74, 6) is 2.49. The van der Waals surface area contributed by atoms with Crippen LogP contribution in [0.2, 0.25) is 0 Å². The van der Waals surface area contributed by atoms with E-state index in [1.807, 2.05) is 14.3 Å². The van der Waals surface area contributed by atoms with Gasteiger partial charge in [-0.3, -0.25) is 4.79 Å². The van der Waals surface area contributed by atoms with E-state index < -0.39 is 0 Å². The van der Waals surface area contributed by atoms with Gasteiger partial charge in [0.1, 0.15) is 5.82 Å². The Kier molecular flexibility index (Phi) is 5.37. The van der Waals surface area contributed by atoms with Crippen molar-refractivity contribution in [2.45, 2.75) is 69.5 Å². The molecule has 1 aliphatic heterocycles. The monoisotopic (exact) mass is 406 g/mol. The molecule has 9 nitrogen and oxygen atoms in total. The van der Waals surface area contributed by atoms with Crippen molar-refractivity contribution >= 4 is 18.3 Å². The maximum Gasteiger partial charge on any atom is 0.276 e. The Morgan fingerprint density at radius 3 is 2.61 bits per heavy atom. The minimum atomic E-state index is -0.0538. The lowest BCUT2D eigenvalue weighted by Gasteiger charge is -2.25. The van der Waals surface area contributed by atoms with Crippen LogP contribution in [0.4, 0.5) is 0 Å². The van der Waals surface area contributed by atoms with Crippen LogP contribution in [0.1, 0.15) is 72.6 Å². The van der Waals surface area contributed by atoms with Crippen molar-refractivity contribution in [3.8, 4) is 0 Å². The van der Waals surface area contributed by atoms with Crippen LogP contribution in [0.25, 0.3) is 0 Å². The first-order chi connectivity index (χ1) is 13.2. The van der Waals surface area contributed by atoms with Gasteiger partial charge in [-0.2, -0.15) is 5.10 Å². The molecule has 0 spiro atoms. The number of nitrogens with zero attached hydrogens (tertiary/aromatic N) is 7. The first-order valence-corrected chi connectivity index (χ1v) is 10.1. The molecule has 28 heavy (non-hydrogen) atoms. The highest BCUT2D eigenvalue weighted by molar-refractivity contribution is 5.91. The molecule has 2 saturated carbocycles. The van der Waals surface area contributed by atoms with Crippen molar-refractivity contribution in [3.05, 3.63) is 23.5 Å². The number of hydrogen-bond acceptors (Lipinski definition) is 6. The number of carbonyl (C=O) groups excluding carboxylic acids is 1. The van der Waals surface area contributed by atoms with Gasteiger partial charge in [-0.05, 0) is 38.5 Å². The number of fused-ring (bicyclic) bond motifs is 1. The second-order valence-corrected chi connectivity index (χ2v) is 8.08. The van der Waals surface area contributed by atoms with Gasteiger partial charge in [0, 0.05) is 31.5 Å². The lowest BCUT2D eigenvalue weighted by molar-refractivity contribution is 0.0752. The largest absolute Gasteiger partial charge is 0.335 e. The quantitative estimate of drug-likeness (QED) is 0.823. The maximum atomic E-state index is 12.9. The fourth-order valence-corrected chi connectivity index (χ4v) is 4.12. The molecule has 0 unspecified atom stereocenters. The molecule has 0 saturated heterocycles. The van der Waals surface area contributed by atoms with E-state index in [1.165, 1.54) is 12.8 Å². The molecule has 152 valence electrons. The molecule has 2 aromatic rings. The number of hydrogen-bond donors (Lipinski definition) is 1. The Bertz CT molecular complexity index is 811. The Morgan fingerprint density at radius 1 is 1.07 bits per heavy atom. The highest BCUT2D eigenvalue weighted by Gasteiger charge is 2.30. The van der Waals surface area contributed by atoms with Crippen LogP contribution in [0, 0.1) is 0 Å². The number of carbonyl (C=O) groups is 1. The zero-order valence-electron chi connectivity index (χ0n) is 15.9. The van der Waals surface area contributed by atoms with Crippen LogP contribution < -0.4 is 5.73 Å². The third-order valence-corrected chi connectivity index (χ3v) is 6.03. The fourth-order valence-electron chi connectivity index (χ4n) is 4.12. The third-order valence-electron chi connectivity index (χ3n) is 6.03. The van der Waals surface area contributed by atoms with Crippen LogP contribution >= 0.6 is 12.4 Å². The van der Waals surface area contributed by atoms with Crippen molar-refractivity contribution in [1.82, 2.24) is 34.7 Å². The zero-order chi connectivity index (χ0) is 18.4. The Morgan fingerprint density at radius 2 is 1.86 bits per heavy atom. The van der Waals surface area contributed by atoms with Gasteiger partial charge in [0.15, 0.2) is 11.5 Å². The summed E-state index contributed by atoms with van der Waals surface area (Å²) in [5, 5.41) is 13.0. The average Bonchev–Trinajstić information content (AvgIpc) is 3.33. The van der Waals surface area contributed by atoms with Crippen molar-refractivity contribution in [1.29, 1.82) is 0 Å². The van der Waals surface area contributed by atoms with E-state index in [0.29, 0.717) is 43.3 Å². The number of aromatic nitrogens is 6. The summed E-state index contributed by atoms with van der Waals surface area (Å²) in [4.78, 5) is 19.4. The molecule has 2 fully saturated rings. The lowest BCUT2D eigenvalue weighted by atomic mass is 9.92. The second-order valence-electron chi connectivity index (χ2n) is 8.08. The van der Waals surface area contributed by atoms with Gasteiger partial charge in [-0.1, -0.05) is 5.21 Å². The van der Waals surface area contributed by atoms with Crippen molar-refractivity contribution in [2.24, 2.45) is 5.73 Å². The van der Waals surface area contributed by atoms with Crippen molar-refractivity contribution in [2.75, 3.05) is 13.1 Å². The third kappa shape index (κ3) is 3.77. The summed E-state index contributed by atoms with van der Waals surface area (Å²) >= 11 is 0. The summed E-state index contributed by atoms with van der Waals surface area (Å²) < 4.78 is 3.83. The van der Waals surface area contributed by atoms with E-state index in [0.717, 1.165) is 43.8 Å². The smallest absolute Gasteiger partial charge is 0.276 e. The van der Waals surface area contributed by atoms with Gasteiger partial charge in [0.25, 0.3) is 5.91 Å². The molecule has 3 heterocycles. The van der Waals surface area contributed by atoms with Crippen LogP contribution in [-0.2, 0) is 13.0 Å². The SMILES string of the molecule is Cl.NC1CCC(n2cc(C(=O)N3CCc4nc(C5CC5)nn4CC3)nn2)CC1. The van der Waals surface area contributed by atoms with Crippen LogP contribution in [0.3, 0.4) is 0 Å². The molecule has 0 atom stereocenters.